The van der Waals surface area contributed by atoms with Crippen LogP contribution in [0.3, 0.4) is 0 Å². The molecule has 3 rings (SSSR count). The summed E-state index contributed by atoms with van der Waals surface area (Å²) in [6.45, 7) is 0. The minimum Gasteiger partial charge on any atom is -0.508 e. The number of nitrogens with one attached hydrogen (secondary N) is 1. The zero-order valence-electron chi connectivity index (χ0n) is 10.4. The first-order valence-electron chi connectivity index (χ1n) is 6.36. The number of phenols is 1. The molecule has 19 heavy (non-hydrogen) atoms. The van der Waals surface area contributed by atoms with Crippen LogP contribution in [0.1, 0.15) is 39.6 Å². The second-order valence-corrected chi connectivity index (χ2v) is 5.04. The highest BCUT2D eigenvalue weighted by atomic mass is 16.4. The van der Waals surface area contributed by atoms with E-state index in [1.54, 1.807) is 18.2 Å². The summed E-state index contributed by atoms with van der Waals surface area (Å²) in [5.74, 6) is -0.330. The normalized spacial score (nSPS) is 17.4. The van der Waals surface area contributed by atoms with Crippen LogP contribution in [0.25, 0.3) is 0 Å². The number of carbonyl (C=O) groups is 1. The summed E-state index contributed by atoms with van der Waals surface area (Å²) in [5, 5.41) is 18.5. The van der Waals surface area contributed by atoms with E-state index < -0.39 is 5.97 Å². The summed E-state index contributed by atoms with van der Waals surface area (Å²) in [6, 6.07) is 8.97. The molecule has 1 heterocycles. The zero-order chi connectivity index (χ0) is 13.4. The molecule has 1 aromatic heterocycles. The predicted octanol–water partition coefficient (Wildman–Crippen LogP) is 2.69. The Morgan fingerprint density at radius 1 is 1.37 bits per heavy atom. The van der Waals surface area contributed by atoms with E-state index in [4.69, 9.17) is 5.11 Å². The lowest BCUT2D eigenvalue weighted by atomic mass is 9.97. The molecule has 1 atom stereocenters. The molecular formula is C15H15NO3. The molecule has 2 aromatic rings. The lowest BCUT2D eigenvalue weighted by molar-refractivity contribution is 0.0691. The van der Waals surface area contributed by atoms with Gasteiger partial charge in [-0.15, -0.1) is 0 Å². The first kappa shape index (κ1) is 11.8. The maximum Gasteiger partial charge on any atom is 0.352 e. The molecule has 0 fully saturated rings. The van der Waals surface area contributed by atoms with Crippen LogP contribution in [-0.2, 0) is 12.8 Å². The van der Waals surface area contributed by atoms with Crippen molar-refractivity contribution >= 4 is 5.97 Å². The topological polar surface area (TPSA) is 73.3 Å². The monoisotopic (exact) mass is 257 g/mol. The van der Waals surface area contributed by atoms with Crippen LogP contribution < -0.4 is 0 Å². The Kier molecular flexibility index (Phi) is 2.78. The van der Waals surface area contributed by atoms with Crippen LogP contribution in [0.15, 0.2) is 30.3 Å². The van der Waals surface area contributed by atoms with Gasteiger partial charge >= 0.3 is 5.97 Å². The molecule has 3 N–H and O–H groups in total. The summed E-state index contributed by atoms with van der Waals surface area (Å²) in [4.78, 5) is 14.0. The molecule has 0 saturated carbocycles. The van der Waals surface area contributed by atoms with Gasteiger partial charge in [0.05, 0.1) is 0 Å². The fourth-order valence-corrected chi connectivity index (χ4v) is 2.85. The van der Waals surface area contributed by atoms with Crippen molar-refractivity contribution in [1.29, 1.82) is 0 Å². The number of fused-ring (bicyclic) bond motifs is 1. The highest BCUT2D eigenvalue weighted by Crippen LogP contribution is 2.35. The first-order chi connectivity index (χ1) is 9.13. The van der Waals surface area contributed by atoms with Gasteiger partial charge in [0.25, 0.3) is 0 Å². The maximum atomic E-state index is 11.0. The van der Waals surface area contributed by atoms with Gasteiger partial charge in [-0.3, -0.25) is 0 Å². The largest absolute Gasteiger partial charge is 0.508 e. The minimum atomic E-state index is -0.912. The van der Waals surface area contributed by atoms with Crippen LogP contribution in [0, 0.1) is 0 Å². The van der Waals surface area contributed by atoms with Crippen molar-refractivity contribution in [3.8, 4) is 5.75 Å². The smallest absolute Gasteiger partial charge is 0.352 e. The molecule has 1 aromatic carbocycles. The number of hydrogen-bond donors (Lipinski definition) is 3. The molecule has 1 unspecified atom stereocenters. The van der Waals surface area contributed by atoms with Gasteiger partial charge < -0.3 is 15.2 Å². The number of rotatable bonds is 3. The number of aromatic carboxylic acids is 1. The van der Waals surface area contributed by atoms with Gasteiger partial charge in [-0.05, 0) is 48.6 Å². The van der Waals surface area contributed by atoms with Crippen LogP contribution in [-0.4, -0.2) is 21.2 Å². The summed E-state index contributed by atoms with van der Waals surface area (Å²) in [6.07, 6.45) is 2.76. The third kappa shape index (κ3) is 2.21. The van der Waals surface area contributed by atoms with E-state index in [0.717, 1.165) is 36.1 Å². The molecule has 0 aliphatic heterocycles. The average Bonchev–Trinajstić information content (AvgIpc) is 2.91. The number of aromatic amines is 1. The fraction of sp³-hybridized carbons (Fsp3) is 0.267. The van der Waals surface area contributed by atoms with E-state index in [1.165, 1.54) is 0 Å². The molecule has 98 valence electrons. The maximum absolute atomic E-state index is 11.0. The van der Waals surface area contributed by atoms with Crippen LogP contribution in [0.5, 0.6) is 5.75 Å². The van der Waals surface area contributed by atoms with Gasteiger partial charge in [0.2, 0.25) is 0 Å². The molecule has 0 spiro atoms. The van der Waals surface area contributed by atoms with Crippen LogP contribution in [0.2, 0.25) is 0 Å². The Morgan fingerprint density at radius 2 is 2.21 bits per heavy atom. The highest BCUT2D eigenvalue weighted by molar-refractivity contribution is 5.86. The lowest BCUT2D eigenvalue weighted by Gasteiger charge is -2.10. The van der Waals surface area contributed by atoms with E-state index in [0.29, 0.717) is 5.92 Å². The van der Waals surface area contributed by atoms with Gasteiger partial charge in [0.1, 0.15) is 11.4 Å². The van der Waals surface area contributed by atoms with E-state index in [9.17, 15) is 9.90 Å². The van der Waals surface area contributed by atoms with Crippen LogP contribution >= 0.6 is 0 Å². The number of aromatic nitrogens is 1. The Bertz CT molecular complexity index is 630. The number of phenolic OH excluding ortho intramolecular Hbond substituents is 1. The Labute approximate surface area is 110 Å². The molecular weight excluding hydrogens is 242 g/mol. The average molecular weight is 257 g/mol. The van der Waals surface area contributed by atoms with Crippen molar-refractivity contribution in [3.05, 3.63) is 52.8 Å². The molecule has 4 heteroatoms. The van der Waals surface area contributed by atoms with Gasteiger partial charge in [-0.25, -0.2) is 4.79 Å². The second kappa shape index (κ2) is 4.46. The van der Waals surface area contributed by atoms with Gasteiger partial charge in [0.15, 0.2) is 0 Å². The molecule has 1 aliphatic carbocycles. The summed E-state index contributed by atoms with van der Waals surface area (Å²) in [5.41, 5.74) is 3.50. The number of aryl methyl sites for hydroxylation is 1. The lowest BCUT2D eigenvalue weighted by Crippen LogP contribution is -2.02. The third-order valence-corrected chi connectivity index (χ3v) is 3.73. The molecule has 0 radical (unpaired) electrons. The summed E-state index contributed by atoms with van der Waals surface area (Å²) >= 11 is 0. The van der Waals surface area contributed by atoms with E-state index in [2.05, 4.69) is 4.98 Å². The Hall–Kier alpha value is -2.23. The van der Waals surface area contributed by atoms with Gasteiger partial charge in [-0.1, -0.05) is 12.1 Å². The third-order valence-electron chi connectivity index (χ3n) is 3.73. The minimum absolute atomic E-state index is 0.269. The SMILES string of the molecule is O=C(O)c1cc2c([nH]1)C(Cc1cccc(O)c1)CC2. The standard InChI is InChI=1S/C15H15NO3/c17-12-3-1-2-9(7-12)6-10-4-5-11-8-13(15(18)19)16-14(10)11/h1-3,7-8,10,16-17H,4-6H2,(H,18,19). The second-order valence-electron chi connectivity index (χ2n) is 5.04. The zero-order valence-corrected chi connectivity index (χ0v) is 10.4. The molecule has 4 nitrogen and oxygen atoms in total. The number of carboxylic acid groups (broad SMARTS) is 1. The van der Waals surface area contributed by atoms with Crippen LogP contribution in [0.4, 0.5) is 0 Å². The van der Waals surface area contributed by atoms with Gasteiger partial charge in [-0.2, -0.15) is 0 Å². The number of hydrogen-bond acceptors (Lipinski definition) is 2. The number of benzene rings is 1. The summed E-state index contributed by atoms with van der Waals surface area (Å²) in [7, 11) is 0. The number of H-pyrrole nitrogens is 1. The number of carboxylic acids is 1. The number of aromatic hydroxyl groups is 1. The highest BCUT2D eigenvalue weighted by Gasteiger charge is 2.26. The fourth-order valence-electron chi connectivity index (χ4n) is 2.85. The van der Waals surface area contributed by atoms with Gasteiger partial charge in [0, 0.05) is 11.6 Å². The van der Waals surface area contributed by atoms with E-state index in [1.807, 2.05) is 12.1 Å². The Balaban J connectivity index is 1.84. The van der Waals surface area contributed by atoms with Crippen molar-refractivity contribution in [2.45, 2.75) is 25.2 Å². The van der Waals surface area contributed by atoms with Crippen molar-refractivity contribution < 1.29 is 15.0 Å². The molecule has 0 bridgehead atoms. The van der Waals surface area contributed by atoms with Crippen molar-refractivity contribution in [2.75, 3.05) is 0 Å². The summed E-state index contributed by atoms with van der Waals surface area (Å²) < 4.78 is 0. The molecule has 0 saturated heterocycles. The van der Waals surface area contributed by atoms with Crippen molar-refractivity contribution in [1.82, 2.24) is 4.98 Å². The molecule has 1 aliphatic rings. The Morgan fingerprint density at radius 3 is 2.95 bits per heavy atom. The first-order valence-corrected chi connectivity index (χ1v) is 6.36. The van der Waals surface area contributed by atoms with E-state index >= 15 is 0 Å². The predicted molar refractivity (Wildman–Crippen MR) is 70.6 cm³/mol. The van der Waals surface area contributed by atoms with Crippen molar-refractivity contribution in [2.24, 2.45) is 0 Å². The van der Waals surface area contributed by atoms with Crippen molar-refractivity contribution in [3.63, 3.8) is 0 Å². The van der Waals surface area contributed by atoms with E-state index in [-0.39, 0.29) is 11.4 Å². The quantitative estimate of drug-likeness (QED) is 0.791. The molecule has 0 amide bonds.